The third kappa shape index (κ3) is 4.85. The van der Waals surface area contributed by atoms with Crippen LogP contribution < -0.4 is 10.6 Å². The molecule has 3 rings (SSSR count). The van der Waals surface area contributed by atoms with E-state index in [2.05, 4.69) is 10.6 Å². The predicted octanol–water partition coefficient (Wildman–Crippen LogP) is 5.17. The molecule has 0 heterocycles. The van der Waals surface area contributed by atoms with E-state index in [9.17, 15) is 19.5 Å². The fourth-order valence-corrected chi connectivity index (χ4v) is 5.08. The van der Waals surface area contributed by atoms with Crippen molar-refractivity contribution in [2.24, 2.45) is 16.2 Å². The Labute approximate surface area is 189 Å². The molecule has 2 aromatic rings. The summed E-state index contributed by atoms with van der Waals surface area (Å²) in [5.41, 5.74) is 0.171. The van der Waals surface area contributed by atoms with E-state index < -0.39 is 22.2 Å². The fourth-order valence-electron chi connectivity index (χ4n) is 5.08. The summed E-state index contributed by atoms with van der Waals surface area (Å²) >= 11 is 0. The summed E-state index contributed by atoms with van der Waals surface area (Å²) in [6, 6.07) is 14.9. The lowest BCUT2D eigenvalue weighted by Gasteiger charge is -2.49. The molecule has 6 nitrogen and oxygen atoms in total. The first kappa shape index (κ1) is 23.5. The van der Waals surface area contributed by atoms with Gasteiger partial charge in [-0.25, -0.2) is 0 Å². The highest BCUT2D eigenvalue weighted by molar-refractivity contribution is 5.99. The third-order valence-electron chi connectivity index (χ3n) is 6.57. The number of carbonyl (C=O) groups excluding carboxylic acids is 2. The van der Waals surface area contributed by atoms with Crippen LogP contribution in [0, 0.1) is 30.1 Å². The maximum atomic E-state index is 13.4. The van der Waals surface area contributed by atoms with Crippen LogP contribution in [-0.4, -0.2) is 22.9 Å². The lowest BCUT2D eigenvalue weighted by molar-refractivity contribution is -0.161. The lowest BCUT2D eigenvalue weighted by Crippen LogP contribution is -2.54. The van der Waals surface area contributed by atoms with Gasteiger partial charge in [0, 0.05) is 22.2 Å². The molecule has 0 aliphatic heterocycles. The minimum atomic E-state index is -1.21. The maximum absolute atomic E-state index is 13.4. The van der Waals surface area contributed by atoms with Crippen molar-refractivity contribution in [2.75, 3.05) is 10.6 Å². The Hall–Kier alpha value is -3.15. The molecular formula is C26H32N2O4. The normalized spacial score (nSPS) is 27.4. The standard InChI is InChI=1S/C26H32N2O4/c1-17-6-10-19(11-7-17)27-21(29)24(3)14-25(4,16-26(5,15-24)23(31)32)22(30)28-20-12-8-18(2)9-13-20/h6-13H,14-16H2,1-5H3,(H,27,29)(H,28,30)(H,31,32)/t24-,25+,26?. The van der Waals surface area contributed by atoms with Crippen LogP contribution in [0.15, 0.2) is 48.5 Å². The maximum Gasteiger partial charge on any atom is 0.309 e. The summed E-state index contributed by atoms with van der Waals surface area (Å²) in [6.07, 6.45) is 0.555. The van der Waals surface area contributed by atoms with E-state index >= 15 is 0 Å². The van der Waals surface area contributed by atoms with Crippen molar-refractivity contribution in [2.45, 2.75) is 53.9 Å². The zero-order chi connectivity index (χ0) is 23.7. The smallest absolute Gasteiger partial charge is 0.309 e. The van der Waals surface area contributed by atoms with Gasteiger partial charge in [-0.15, -0.1) is 0 Å². The van der Waals surface area contributed by atoms with Crippen LogP contribution in [0.1, 0.15) is 51.2 Å². The first-order valence-electron chi connectivity index (χ1n) is 10.9. The van der Waals surface area contributed by atoms with Crippen molar-refractivity contribution in [3.63, 3.8) is 0 Å². The predicted molar refractivity (Wildman–Crippen MR) is 125 cm³/mol. The molecule has 1 aliphatic carbocycles. The van der Waals surface area contributed by atoms with Crippen LogP contribution in [0.5, 0.6) is 0 Å². The van der Waals surface area contributed by atoms with Gasteiger partial charge in [0.15, 0.2) is 0 Å². The van der Waals surface area contributed by atoms with Crippen LogP contribution in [0.2, 0.25) is 0 Å². The highest BCUT2D eigenvalue weighted by Gasteiger charge is 2.57. The van der Waals surface area contributed by atoms with Gasteiger partial charge in [0.2, 0.25) is 11.8 Å². The van der Waals surface area contributed by atoms with Crippen LogP contribution >= 0.6 is 0 Å². The Balaban J connectivity index is 1.90. The van der Waals surface area contributed by atoms with Crippen molar-refractivity contribution in [1.82, 2.24) is 0 Å². The second-order valence-electron chi connectivity index (χ2n) is 10.2. The van der Waals surface area contributed by atoms with Gasteiger partial charge < -0.3 is 15.7 Å². The number of hydrogen-bond acceptors (Lipinski definition) is 3. The molecule has 1 saturated carbocycles. The second-order valence-corrected chi connectivity index (χ2v) is 10.2. The average molecular weight is 437 g/mol. The molecule has 2 aromatic carbocycles. The number of amides is 2. The average Bonchev–Trinajstić information content (AvgIpc) is 2.70. The van der Waals surface area contributed by atoms with Gasteiger partial charge in [-0.3, -0.25) is 14.4 Å². The summed E-state index contributed by atoms with van der Waals surface area (Å²) in [7, 11) is 0. The number of aliphatic carboxylic acids is 1. The lowest BCUT2D eigenvalue weighted by atomic mass is 9.54. The molecule has 1 aliphatic rings. The molecule has 0 radical (unpaired) electrons. The molecule has 1 unspecified atom stereocenters. The Morgan fingerprint density at radius 3 is 1.28 bits per heavy atom. The van der Waals surface area contributed by atoms with E-state index in [-0.39, 0.29) is 31.1 Å². The molecular weight excluding hydrogens is 404 g/mol. The third-order valence-corrected chi connectivity index (χ3v) is 6.57. The first-order valence-corrected chi connectivity index (χ1v) is 10.9. The van der Waals surface area contributed by atoms with Crippen molar-refractivity contribution < 1.29 is 19.5 Å². The van der Waals surface area contributed by atoms with Crippen LogP contribution in [0.4, 0.5) is 11.4 Å². The molecule has 0 spiro atoms. The summed E-state index contributed by atoms with van der Waals surface area (Å²) in [5.74, 6) is -1.55. The van der Waals surface area contributed by atoms with E-state index in [0.29, 0.717) is 11.4 Å². The van der Waals surface area contributed by atoms with Crippen LogP contribution in [-0.2, 0) is 14.4 Å². The van der Waals surface area contributed by atoms with Gasteiger partial charge in [-0.1, -0.05) is 49.2 Å². The Bertz CT molecular complexity index is 955. The van der Waals surface area contributed by atoms with Gasteiger partial charge in [-0.2, -0.15) is 0 Å². The van der Waals surface area contributed by atoms with E-state index in [0.717, 1.165) is 11.1 Å². The Morgan fingerprint density at radius 1 is 0.656 bits per heavy atom. The van der Waals surface area contributed by atoms with Gasteiger partial charge in [-0.05, 0) is 64.3 Å². The molecule has 0 aromatic heterocycles. The number of nitrogens with one attached hydrogen (secondary N) is 2. The molecule has 3 N–H and O–H groups in total. The van der Waals surface area contributed by atoms with E-state index in [1.54, 1.807) is 20.8 Å². The second kappa shape index (κ2) is 8.41. The molecule has 170 valence electrons. The molecule has 0 saturated heterocycles. The van der Waals surface area contributed by atoms with E-state index in [1.165, 1.54) is 0 Å². The Morgan fingerprint density at radius 2 is 0.969 bits per heavy atom. The number of carbonyl (C=O) groups is 3. The van der Waals surface area contributed by atoms with Gasteiger partial charge >= 0.3 is 5.97 Å². The molecule has 1 fully saturated rings. The largest absolute Gasteiger partial charge is 0.481 e. The van der Waals surface area contributed by atoms with Gasteiger partial charge in [0.25, 0.3) is 0 Å². The summed E-state index contributed by atoms with van der Waals surface area (Å²) in [5, 5.41) is 15.9. The van der Waals surface area contributed by atoms with Crippen LogP contribution in [0.3, 0.4) is 0 Å². The number of rotatable bonds is 5. The van der Waals surface area contributed by atoms with Crippen molar-refractivity contribution >= 4 is 29.2 Å². The van der Waals surface area contributed by atoms with Crippen molar-refractivity contribution in [1.29, 1.82) is 0 Å². The highest BCUT2D eigenvalue weighted by Crippen LogP contribution is 2.55. The zero-order valence-corrected chi connectivity index (χ0v) is 19.4. The zero-order valence-electron chi connectivity index (χ0n) is 19.4. The van der Waals surface area contributed by atoms with Gasteiger partial charge in [0.1, 0.15) is 0 Å². The number of benzene rings is 2. The van der Waals surface area contributed by atoms with Gasteiger partial charge in [0.05, 0.1) is 5.41 Å². The minimum Gasteiger partial charge on any atom is -0.481 e. The van der Waals surface area contributed by atoms with E-state index in [4.69, 9.17) is 0 Å². The van der Waals surface area contributed by atoms with Crippen LogP contribution in [0.25, 0.3) is 0 Å². The first-order chi connectivity index (χ1) is 14.9. The number of hydrogen-bond donors (Lipinski definition) is 3. The minimum absolute atomic E-state index is 0.153. The summed E-state index contributed by atoms with van der Waals surface area (Å²) in [6.45, 7) is 9.07. The van der Waals surface area contributed by atoms with E-state index in [1.807, 2.05) is 62.4 Å². The molecule has 3 atom stereocenters. The topological polar surface area (TPSA) is 95.5 Å². The molecule has 0 bridgehead atoms. The Kier molecular flexibility index (Phi) is 6.18. The number of anilines is 2. The fraction of sp³-hybridized carbons (Fsp3) is 0.423. The number of carboxylic acid groups (broad SMARTS) is 1. The quantitative estimate of drug-likeness (QED) is 0.603. The van der Waals surface area contributed by atoms with Crippen molar-refractivity contribution in [3.8, 4) is 0 Å². The van der Waals surface area contributed by atoms with Crippen molar-refractivity contribution in [3.05, 3.63) is 59.7 Å². The molecule has 2 amide bonds. The number of carboxylic acids is 1. The number of aryl methyl sites for hydroxylation is 2. The summed E-state index contributed by atoms with van der Waals surface area (Å²) < 4.78 is 0. The summed E-state index contributed by atoms with van der Waals surface area (Å²) in [4.78, 5) is 38.9. The highest BCUT2D eigenvalue weighted by atomic mass is 16.4. The monoisotopic (exact) mass is 436 g/mol. The molecule has 32 heavy (non-hydrogen) atoms. The SMILES string of the molecule is Cc1ccc(NC(=O)[C@@]2(C)CC(C)(C(=O)O)C[C@@](C)(C(=O)Nc3ccc(C)cc3)C2)cc1. The molecule has 6 heteroatoms.